The number of unbranched alkanes of at least 4 members (excludes halogenated alkanes) is 1. The molecule has 1 fully saturated rings. The molecule has 1 saturated heterocycles. The number of carbonyl (C=O) groups excluding carboxylic acids is 3. The van der Waals surface area contributed by atoms with Gasteiger partial charge in [0.15, 0.2) is 0 Å². The molecule has 1 atom stereocenters. The number of nitrogens with one attached hydrogen (secondary N) is 1. The number of rotatable bonds is 8. The van der Waals surface area contributed by atoms with E-state index in [0.29, 0.717) is 24.3 Å². The lowest BCUT2D eigenvalue weighted by atomic mass is 10.1. The molecule has 30 heavy (non-hydrogen) atoms. The number of hydrogen-bond acceptors (Lipinski definition) is 3. The van der Waals surface area contributed by atoms with Gasteiger partial charge in [-0.1, -0.05) is 31.5 Å². The third-order valence-electron chi connectivity index (χ3n) is 5.41. The van der Waals surface area contributed by atoms with Crippen LogP contribution < -0.4 is 10.2 Å². The van der Waals surface area contributed by atoms with Crippen LogP contribution in [0.25, 0.3) is 0 Å². The number of carbonyl (C=O) groups is 3. The molecular formula is C24H29N3O3. The van der Waals surface area contributed by atoms with Crippen molar-refractivity contribution in [2.75, 3.05) is 29.9 Å². The average molecular weight is 408 g/mol. The van der Waals surface area contributed by atoms with E-state index in [1.807, 2.05) is 42.2 Å². The van der Waals surface area contributed by atoms with Crippen molar-refractivity contribution in [1.82, 2.24) is 4.90 Å². The molecule has 3 amide bonds. The quantitative estimate of drug-likeness (QED) is 0.721. The summed E-state index contributed by atoms with van der Waals surface area (Å²) in [5.74, 6) is -0.625. The smallest absolute Gasteiger partial charge is 0.253 e. The monoisotopic (exact) mass is 407 g/mol. The maximum absolute atomic E-state index is 12.7. The van der Waals surface area contributed by atoms with Gasteiger partial charge in [-0.25, -0.2) is 0 Å². The summed E-state index contributed by atoms with van der Waals surface area (Å²) in [7, 11) is 0. The zero-order valence-electron chi connectivity index (χ0n) is 17.6. The number of nitrogens with zero attached hydrogens (tertiary/aromatic N) is 2. The molecule has 0 spiro atoms. The third-order valence-corrected chi connectivity index (χ3v) is 5.41. The van der Waals surface area contributed by atoms with Crippen molar-refractivity contribution < 1.29 is 14.4 Å². The minimum Gasteiger partial charge on any atom is -0.339 e. The van der Waals surface area contributed by atoms with Crippen molar-refractivity contribution in [3.8, 4) is 0 Å². The first-order valence-electron chi connectivity index (χ1n) is 10.6. The third kappa shape index (κ3) is 5.06. The lowest BCUT2D eigenvalue weighted by molar-refractivity contribution is -0.122. The first-order valence-corrected chi connectivity index (χ1v) is 10.6. The minimum atomic E-state index is -0.399. The maximum atomic E-state index is 12.7. The Morgan fingerprint density at radius 2 is 1.77 bits per heavy atom. The van der Waals surface area contributed by atoms with Crippen LogP contribution in [0.15, 0.2) is 54.6 Å². The highest BCUT2D eigenvalue weighted by atomic mass is 16.2. The summed E-state index contributed by atoms with van der Waals surface area (Å²) in [6.07, 6.45) is 2.22. The lowest BCUT2D eigenvalue weighted by Gasteiger charge is -2.20. The number of hydrogen-bond donors (Lipinski definition) is 1. The molecule has 6 nitrogen and oxygen atoms in total. The van der Waals surface area contributed by atoms with Gasteiger partial charge in [-0.15, -0.1) is 0 Å². The molecule has 2 aromatic rings. The van der Waals surface area contributed by atoms with Crippen molar-refractivity contribution in [2.45, 2.75) is 33.1 Å². The summed E-state index contributed by atoms with van der Waals surface area (Å²) < 4.78 is 0. The molecule has 1 aliphatic heterocycles. The van der Waals surface area contributed by atoms with Crippen LogP contribution in [0.3, 0.4) is 0 Å². The Morgan fingerprint density at radius 3 is 2.40 bits per heavy atom. The van der Waals surface area contributed by atoms with Crippen LogP contribution in [0, 0.1) is 5.92 Å². The van der Waals surface area contributed by atoms with Crippen molar-refractivity contribution in [2.24, 2.45) is 5.92 Å². The van der Waals surface area contributed by atoms with Gasteiger partial charge in [0.1, 0.15) is 0 Å². The average Bonchev–Trinajstić information content (AvgIpc) is 3.17. The standard InChI is InChI=1S/C24H29N3O3/c1-3-5-15-26(4-2)24(30)18-11-13-20(14-12-18)25-23(29)19-16-22(28)27(17-19)21-9-7-6-8-10-21/h6-14,19H,3-5,15-17H2,1-2H3,(H,25,29). The predicted octanol–water partition coefficient (Wildman–Crippen LogP) is 3.94. The highest BCUT2D eigenvalue weighted by molar-refractivity contribution is 6.03. The zero-order chi connectivity index (χ0) is 21.5. The lowest BCUT2D eigenvalue weighted by Crippen LogP contribution is -2.31. The Morgan fingerprint density at radius 1 is 1.07 bits per heavy atom. The molecule has 0 radical (unpaired) electrons. The second-order valence-corrected chi connectivity index (χ2v) is 7.55. The van der Waals surface area contributed by atoms with Crippen molar-refractivity contribution >= 4 is 29.1 Å². The van der Waals surface area contributed by atoms with E-state index < -0.39 is 5.92 Å². The van der Waals surface area contributed by atoms with Gasteiger partial charge in [-0.05, 0) is 49.7 Å². The first-order chi connectivity index (χ1) is 14.5. The van der Waals surface area contributed by atoms with Gasteiger partial charge in [0.2, 0.25) is 11.8 Å². The minimum absolute atomic E-state index is 0.00344. The molecule has 0 aliphatic carbocycles. The molecule has 0 aromatic heterocycles. The largest absolute Gasteiger partial charge is 0.339 e. The number of para-hydroxylation sites is 1. The highest BCUT2D eigenvalue weighted by Crippen LogP contribution is 2.26. The molecule has 1 unspecified atom stereocenters. The first kappa shape index (κ1) is 21.6. The Bertz CT molecular complexity index is 880. The summed E-state index contributed by atoms with van der Waals surface area (Å²) in [5.41, 5.74) is 2.04. The number of amides is 3. The van der Waals surface area contributed by atoms with E-state index in [4.69, 9.17) is 0 Å². The van der Waals surface area contributed by atoms with E-state index in [2.05, 4.69) is 12.2 Å². The van der Waals surface area contributed by atoms with Crippen LogP contribution in [0.4, 0.5) is 11.4 Å². The molecule has 3 rings (SSSR count). The van der Waals surface area contributed by atoms with Crippen LogP contribution in [-0.2, 0) is 9.59 Å². The molecule has 0 saturated carbocycles. The molecule has 1 N–H and O–H groups in total. The Kier molecular flexibility index (Phi) is 7.22. The Balaban J connectivity index is 1.59. The summed E-state index contributed by atoms with van der Waals surface area (Å²) in [6.45, 7) is 5.87. The van der Waals surface area contributed by atoms with Gasteiger partial charge in [0.05, 0.1) is 5.92 Å². The van der Waals surface area contributed by atoms with E-state index in [1.54, 1.807) is 29.2 Å². The fraction of sp³-hybridized carbons (Fsp3) is 0.375. The highest BCUT2D eigenvalue weighted by Gasteiger charge is 2.35. The van der Waals surface area contributed by atoms with Crippen molar-refractivity contribution in [3.63, 3.8) is 0 Å². The molecule has 1 aliphatic rings. The van der Waals surface area contributed by atoms with Gasteiger partial charge < -0.3 is 15.1 Å². The second kappa shape index (κ2) is 10.1. The molecule has 1 heterocycles. The van der Waals surface area contributed by atoms with Gasteiger partial charge in [-0.3, -0.25) is 14.4 Å². The maximum Gasteiger partial charge on any atom is 0.253 e. The fourth-order valence-electron chi connectivity index (χ4n) is 3.62. The van der Waals surface area contributed by atoms with E-state index in [-0.39, 0.29) is 24.1 Å². The summed E-state index contributed by atoms with van der Waals surface area (Å²) in [6, 6.07) is 16.3. The van der Waals surface area contributed by atoms with Gasteiger partial charge in [-0.2, -0.15) is 0 Å². The molecule has 2 aromatic carbocycles. The second-order valence-electron chi connectivity index (χ2n) is 7.55. The molecular weight excluding hydrogens is 378 g/mol. The Labute approximate surface area is 177 Å². The van der Waals surface area contributed by atoms with Crippen LogP contribution in [-0.4, -0.2) is 42.3 Å². The fourth-order valence-corrected chi connectivity index (χ4v) is 3.62. The van der Waals surface area contributed by atoms with Crippen LogP contribution in [0.1, 0.15) is 43.5 Å². The normalized spacial score (nSPS) is 15.9. The molecule has 6 heteroatoms. The van der Waals surface area contributed by atoms with Crippen LogP contribution in [0.5, 0.6) is 0 Å². The topological polar surface area (TPSA) is 69.7 Å². The zero-order valence-corrected chi connectivity index (χ0v) is 17.6. The van der Waals surface area contributed by atoms with E-state index in [0.717, 1.165) is 25.1 Å². The van der Waals surface area contributed by atoms with Crippen molar-refractivity contribution in [1.29, 1.82) is 0 Å². The van der Waals surface area contributed by atoms with Crippen LogP contribution >= 0.6 is 0 Å². The molecule has 158 valence electrons. The van der Waals surface area contributed by atoms with E-state index >= 15 is 0 Å². The van der Waals surface area contributed by atoms with E-state index in [1.165, 1.54) is 0 Å². The number of anilines is 2. The van der Waals surface area contributed by atoms with Gasteiger partial charge in [0.25, 0.3) is 5.91 Å². The van der Waals surface area contributed by atoms with Gasteiger partial charge >= 0.3 is 0 Å². The number of benzene rings is 2. The van der Waals surface area contributed by atoms with Gasteiger partial charge in [0, 0.05) is 43.0 Å². The summed E-state index contributed by atoms with van der Waals surface area (Å²) in [5, 5.41) is 2.88. The predicted molar refractivity (Wildman–Crippen MR) is 118 cm³/mol. The summed E-state index contributed by atoms with van der Waals surface area (Å²) >= 11 is 0. The van der Waals surface area contributed by atoms with Crippen molar-refractivity contribution in [3.05, 3.63) is 60.2 Å². The van der Waals surface area contributed by atoms with Crippen LogP contribution in [0.2, 0.25) is 0 Å². The Hall–Kier alpha value is -3.15. The summed E-state index contributed by atoms with van der Waals surface area (Å²) in [4.78, 5) is 41.1. The SMILES string of the molecule is CCCCN(CC)C(=O)c1ccc(NC(=O)C2CC(=O)N(c3ccccc3)C2)cc1. The molecule has 0 bridgehead atoms. The van der Waals surface area contributed by atoms with E-state index in [9.17, 15) is 14.4 Å².